The Balaban J connectivity index is 2.04. The highest BCUT2D eigenvalue weighted by Gasteiger charge is 2.09. The van der Waals surface area contributed by atoms with Crippen LogP contribution in [-0.4, -0.2) is 12.4 Å². The van der Waals surface area contributed by atoms with Gasteiger partial charge in [-0.1, -0.05) is 23.2 Å². The molecular formula is C15H11Cl2FO2. The van der Waals surface area contributed by atoms with E-state index in [1.807, 2.05) is 0 Å². The normalized spacial score (nSPS) is 10.4. The zero-order chi connectivity index (χ0) is 14.7. The number of aryl methyl sites for hydroxylation is 1. The summed E-state index contributed by atoms with van der Waals surface area (Å²) in [7, 11) is 0. The van der Waals surface area contributed by atoms with Gasteiger partial charge in [0.2, 0.25) is 0 Å². The average Bonchev–Trinajstić information content (AvgIpc) is 2.43. The Morgan fingerprint density at radius 1 is 1.15 bits per heavy atom. The van der Waals surface area contributed by atoms with E-state index in [0.717, 1.165) is 0 Å². The van der Waals surface area contributed by atoms with E-state index in [0.29, 0.717) is 26.9 Å². The lowest BCUT2D eigenvalue weighted by Crippen LogP contribution is -2.11. The standard InChI is InChI=1S/C15H11Cl2FO2/c1-9-6-11(3-5-14(9)18)20-8-15(19)10-2-4-12(16)13(17)7-10/h2-7H,8H2,1H3. The summed E-state index contributed by atoms with van der Waals surface area (Å²) in [6.45, 7) is 1.48. The fourth-order valence-corrected chi connectivity index (χ4v) is 1.91. The summed E-state index contributed by atoms with van der Waals surface area (Å²) < 4.78 is 18.4. The van der Waals surface area contributed by atoms with Gasteiger partial charge >= 0.3 is 0 Å². The van der Waals surface area contributed by atoms with E-state index in [2.05, 4.69) is 0 Å². The van der Waals surface area contributed by atoms with Gasteiger partial charge in [-0.2, -0.15) is 0 Å². The number of halogens is 3. The number of hydrogen-bond donors (Lipinski definition) is 0. The minimum Gasteiger partial charge on any atom is -0.485 e. The van der Waals surface area contributed by atoms with E-state index in [1.54, 1.807) is 19.1 Å². The smallest absolute Gasteiger partial charge is 0.200 e. The Bertz CT molecular complexity index is 656. The van der Waals surface area contributed by atoms with Crippen molar-refractivity contribution in [2.75, 3.05) is 6.61 Å². The van der Waals surface area contributed by atoms with Crippen LogP contribution in [-0.2, 0) is 0 Å². The Hall–Kier alpha value is -1.58. The van der Waals surface area contributed by atoms with Crippen LogP contribution >= 0.6 is 23.2 Å². The number of ether oxygens (including phenoxy) is 1. The molecule has 0 heterocycles. The molecule has 2 nitrogen and oxygen atoms in total. The van der Waals surface area contributed by atoms with Crippen molar-refractivity contribution in [1.29, 1.82) is 0 Å². The SMILES string of the molecule is Cc1cc(OCC(=O)c2ccc(Cl)c(Cl)c2)ccc1F. The van der Waals surface area contributed by atoms with Gasteiger partial charge in [0.15, 0.2) is 12.4 Å². The third-order valence-electron chi connectivity index (χ3n) is 2.74. The first kappa shape index (κ1) is 14.8. The first-order valence-corrected chi connectivity index (χ1v) is 6.60. The molecule has 20 heavy (non-hydrogen) atoms. The van der Waals surface area contributed by atoms with Crippen molar-refractivity contribution in [3.8, 4) is 5.75 Å². The number of rotatable bonds is 4. The van der Waals surface area contributed by atoms with Crippen molar-refractivity contribution in [1.82, 2.24) is 0 Å². The molecule has 0 aliphatic heterocycles. The van der Waals surface area contributed by atoms with Crippen LogP contribution < -0.4 is 4.74 Å². The number of ketones is 1. The van der Waals surface area contributed by atoms with Crippen molar-refractivity contribution >= 4 is 29.0 Å². The minimum absolute atomic E-state index is 0.150. The second-order valence-corrected chi connectivity index (χ2v) is 5.07. The summed E-state index contributed by atoms with van der Waals surface area (Å²) in [5.74, 6) is -0.101. The lowest BCUT2D eigenvalue weighted by Gasteiger charge is -2.07. The molecule has 5 heteroatoms. The largest absolute Gasteiger partial charge is 0.485 e. The van der Waals surface area contributed by atoms with Gasteiger partial charge in [-0.15, -0.1) is 0 Å². The molecule has 0 bridgehead atoms. The fourth-order valence-electron chi connectivity index (χ4n) is 1.61. The molecule has 0 aliphatic rings. The van der Waals surface area contributed by atoms with Gasteiger partial charge in [0.05, 0.1) is 10.0 Å². The number of benzene rings is 2. The fraction of sp³-hybridized carbons (Fsp3) is 0.133. The third kappa shape index (κ3) is 3.50. The van der Waals surface area contributed by atoms with Crippen LogP contribution in [0.15, 0.2) is 36.4 Å². The van der Waals surface area contributed by atoms with Crippen LogP contribution in [0.2, 0.25) is 10.0 Å². The van der Waals surface area contributed by atoms with E-state index < -0.39 is 0 Å². The maximum atomic E-state index is 13.1. The predicted molar refractivity (Wildman–Crippen MR) is 77.4 cm³/mol. The molecular weight excluding hydrogens is 302 g/mol. The van der Waals surface area contributed by atoms with Gasteiger partial charge in [-0.05, 0) is 48.9 Å². The lowest BCUT2D eigenvalue weighted by atomic mass is 10.1. The second-order valence-electron chi connectivity index (χ2n) is 4.25. The zero-order valence-corrected chi connectivity index (χ0v) is 12.1. The lowest BCUT2D eigenvalue weighted by molar-refractivity contribution is 0.0921. The maximum Gasteiger partial charge on any atom is 0.200 e. The highest BCUT2D eigenvalue weighted by Crippen LogP contribution is 2.23. The molecule has 0 atom stereocenters. The van der Waals surface area contributed by atoms with E-state index in [4.69, 9.17) is 27.9 Å². The van der Waals surface area contributed by atoms with Crippen LogP contribution in [0.25, 0.3) is 0 Å². The molecule has 0 amide bonds. The number of hydrogen-bond acceptors (Lipinski definition) is 2. The predicted octanol–water partition coefficient (Wildman–Crippen LogP) is 4.70. The highest BCUT2D eigenvalue weighted by atomic mass is 35.5. The van der Waals surface area contributed by atoms with E-state index in [1.165, 1.54) is 24.3 Å². The van der Waals surface area contributed by atoms with E-state index >= 15 is 0 Å². The van der Waals surface area contributed by atoms with Crippen molar-refractivity contribution in [2.45, 2.75) is 6.92 Å². The molecule has 2 rings (SSSR count). The molecule has 0 saturated carbocycles. The quantitative estimate of drug-likeness (QED) is 0.765. The Labute approximate surface area is 126 Å². The Morgan fingerprint density at radius 2 is 1.90 bits per heavy atom. The molecule has 0 unspecified atom stereocenters. The molecule has 0 saturated heterocycles. The Morgan fingerprint density at radius 3 is 2.55 bits per heavy atom. The van der Waals surface area contributed by atoms with Crippen LogP contribution in [0.4, 0.5) is 4.39 Å². The maximum absolute atomic E-state index is 13.1. The molecule has 0 N–H and O–H groups in total. The molecule has 2 aromatic carbocycles. The van der Waals surface area contributed by atoms with Gasteiger partial charge in [0.25, 0.3) is 0 Å². The van der Waals surface area contributed by atoms with Gasteiger partial charge in [0, 0.05) is 5.56 Å². The van der Waals surface area contributed by atoms with Crippen LogP contribution in [0.1, 0.15) is 15.9 Å². The summed E-state index contributed by atoms with van der Waals surface area (Å²) in [6.07, 6.45) is 0. The monoisotopic (exact) mass is 312 g/mol. The first-order chi connectivity index (χ1) is 9.47. The number of carbonyl (C=O) groups excluding carboxylic acids is 1. The molecule has 104 valence electrons. The minimum atomic E-state index is -0.312. The number of carbonyl (C=O) groups is 1. The third-order valence-corrected chi connectivity index (χ3v) is 3.48. The van der Waals surface area contributed by atoms with Gasteiger partial charge in [0.1, 0.15) is 11.6 Å². The van der Waals surface area contributed by atoms with Gasteiger partial charge < -0.3 is 4.74 Å². The van der Waals surface area contributed by atoms with Gasteiger partial charge in [-0.3, -0.25) is 4.79 Å². The summed E-state index contributed by atoms with van der Waals surface area (Å²) in [5.41, 5.74) is 0.878. The number of Topliss-reactive ketones (excluding diaryl/α,β-unsaturated/α-hetero) is 1. The zero-order valence-electron chi connectivity index (χ0n) is 10.6. The average molecular weight is 313 g/mol. The molecule has 0 aliphatic carbocycles. The summed E-state index contributed by atoms with van der Waals surface area (Å²) in [5, 5.41) is 0.702. The highest BCUT2D eigenvalue weighted by molar-refractivity contribution is 6.42. The molecule has 2 aromatic rings. The van der Waals surface area contributed by atoms with Crippen molar-refractivity contribution in [3.63, 3.8) is 0 Å². The first-order valence-electron chi connectivity index (χ1n) is 5.84. The summed E-state index contributed by atoms with van der Waals surface area (Å²) in [6, 6.07) is 8.94. The van der Waals surface area contributed by atoms with E-state index in [9.17, 15) is 9.18 Å². The Kier molecular flexibility index (Phi) is 4.63. The van der Waals surface area contributed by atoms with Crippen LogP contribution in [0.3, 0.4) is 0 Å². The van der Waals surface area contributed by atoms with Crippen LogP contribution in [0.5, 0.6) is 5.75 Å². The molecule has 0 radical (unpaired) electrons. The summed E-state index contributed by atoms with van der Waals surface area (Å²) >= 11 is 11.6. The van der Waals surface area contributed by atoms with Gasteiger partial charge in [-0.25, -0.2) is 4.39 Å². The molecule has 0 spiro atoms. The van der Waals surface area contributed by atoms with E-state index in [-0.39, 0.29) is 18.2 Å². The second kappa shape index (κ2) is 6.25. The van der Waals surface area contributed by atoms with Crippen molar-refractivity contribution < 1.29 is 13.9 Å². The van der Waals surface area contributed by atoms with Crippen LogP contribution in [0, 0.1) is 12.7 Å². The van der Waals surface area contributed by atoms with Crippen molar-refractivity contribution in [3.05, 3.63) is 63.4 Å². The molecule has 0 fully saturated rings. The summed E-state index contributed by atoms with van der Waals surface area (Å²) in [4.78, 5) is 11.9. The molecule has 0 aromatic heterocycles. The van der Waals surface area contributed by atoms with Crippen molar-refractivity contribution in [2.24, 2.45) is 0 Å². The topological polar surface area (TPSA) is 26.3 Å².